The van der Waals surface area contributed by atoms with E-state index < -0.39 is 9.84 Å². The highest BCUT2D eigenvalue weighted by Gasteiger charge is 2.17. The number of amides is 1. The summed E-state index contributed by atoms with van der Waals surface area (Å²) in [6.07, 6.45) is 1.15. The second-order valence-corrected chi connectivity index (χ2v) is 8.96. The van der Waals surface area contributed by atoms with Crippen LogP contribution in [0.25, 0.3) is 0 Å². The molecule has 0 spiro atoms. The second kappa shape index (κ2) is 7.92. The summed E-state index contributed by atoms with van der Waals surface area (Å²) in [6, 6.07) is 10.3. The number of sulfone groups is 1. The molecule has 0 radical (unpaired) electrons. The zero-order valence-corrected chi connectivity index (χ0v) is 15.6. The van der Waals surface area contributed by atoms with Crippen LogP contribution in [-0.2, 0) is 14.6 Å². The highest BCUT2D eigenvalue weighted by molar-refractivity contribution is 7.90. The largest absolute Gasteiger partial charge is 0.325 e. The fourth-order valence-corrected chi connectivity index (χ4v) is 3.93. The molecule has 130 valence electrons. The van der Waals surface area contributed by atoms with E-state index in [0.717, 1.165) is 6.26 Å². The van der Waals surface area contributed by atoms with Crippen LogP contribution in [0.1, 0.15) is 24.8 Å². The molecule has 2 aromatic rings. The van der Waals surface area contributed by atoms with Gasteiger partial charge >= 0.3 is 0 Å². The Morgan fingerprint density at radius 3 is 2.33 bits per heavy atom. The summed E-state index contributed by atoms with van der Waals surface area (Å²) in [5, 5.41) is 8.07. The van der Waals surface area contributed by atoms with Crippen LogP contribution in [0.15, 0.2) is 46.7 Å². The quantitative estimate of drug-likeness (QED) is 0.790. The highest BCUT2D eigenvalue weighted by Crippen LogP contribution is 2.25. The Morgan fingerprint density at radius 1 is 1.17 bits per heavy atom. The maximum atomic E-state index is 12.1. The number of benzene rings is 1. The molecule has 0 saturated heterocycles. The SMILES string of the molecule is CC(C)C(NCC(=O)Nc1ccc(S(C)(=O)=O)cc1)c1cccs1. The van der Waals surface area contributed by atoms with Gasteiger partial charge in [-0.05, 0) is 41.6 Å². The maximum absolute atomic E-state index is 12.1. The molecule has 7 heteroatoms. The lowest BCUT2D eigenvalue weighted by atomic mass is 10.0. The topological polar surface area (TPSA) is 75.3 Å². The van der Waals surface area contributed by atoms with Gasteiger partial charge in [0.1, 0.15) is 0 Å². The van der Waals surface area contributed by atoms with Gasteiger partial charge in [-0.15, -0.1) is 11.3 Å². The van der Waals surface area contributed by atoms with Gasteiger partial charge in [0, 0.05) is 22.9 Å². The van der Waals surface area contributed by atoms with Gasteiger partial charge in [0.25, 0.3) is 0 Å². The lowest BCUT2D eigenvalue weighted by molar-refractivity contribution is -0.115. The molecule has 0 aliphatic rings. The van der Waals surface area contributed by atoms with Crippen molar-refractivity contribution >= 4 is 32.8 Å². The Bertz CT molecular complexity index is 767. The van der Waals surface area contributed by atoms with E-state index in [4.69, 9.17) is 0 Å². The normalized spacial score (nSPS) is 13.0. The molecule has 0 bridgehead atoms. The summed E-state index contributed by atoms with van der Waals surface area (Å²) in [6.45, 7) is 4.41. The van der Waals surface area contributed by atoms with Crippen molar-refractivity contribution in [3.05, 3.63) is 46.7 Å². The molecule has 1 heterocycles. The zero-order valence-electron chi connectivity index (χ0n) is 13.9. The third-order valence-corrected chi connectivity index (χ3v) is 5.65. The molecule has 0 aliphatic carbocycles. The third kappa shape index (κ3) is 5.15. The molecule has 0 aliphatic heterocycles. The molecule has 1 aromatic carbocycles. The number of carbonyl (C=O) groups is 1. The van der Waals surface area contributed by atoms with E-state index >= 15 is 0 Å². The van der Waals surface area contributed by atoms with Gasteiger partial charge in [-0.3, -0.25) is 4.79 Å². The molecule has 2 N–H and O–H groups in total. The summed E-state index contributed by atoms with van der Waals surface area (Å²) in [4.78, 5) is 13.5. The van der Waals surface area contributed by atoms with Crippen molar-refractivity contribution in [2.24, 2.45) is 5.92 Å². The molecule has 0 saturated carbocycles. The first-order chi connectivity index (χ1) is 11.3. The Hall–Kier alpha value is -1.70. The van der Waals surface area contributed by atoms with Gasteiger partial charge in [-0.2, -0.15) is 0 Å². The Kier molecular flexibility index (Phi) is 6.15. The first-order valence-corrected chi connectivity index (χ1v) is 10.4. The van der Waals surface area contributed by atoms with Crippen LogP contribution in [0.4, 0.5) is 5.69 Å². The maximum Gasteiger partial charge on any atom is 0.238 e. The molecule has 24 heavy (non-hydrogen) atoms. The third-order valence-electron chi connectivity index (χ3n) is 3.57. The predicted molar refractivity (Wildman–Crippen MR) is 98.1 cm³/mol. The van der Waals surface area contributed by atoms with Crippen LogP contribution in [0.2, 0.25) is 0 Å². The smallest absolute Gasteiger partial charge is 0.238 e. The van der Waals surface area contributed by atoms with Crippen LogP contribution in [0.3, 0.4) is 0 Å². The average Bonchev–Trinajstić information content (AvgIpc) is 3.00. The van der Waals surface area contributed by atoms with Crippen molar-refractivity contribution in [2.45, 2.75) is 24.8 Å². The lowest BCUT2D eigenvalue weighted by Gasteiger charge is -2.21. The Balaban J connectivity index is 1.93. The molecular weight excluding hydrogens is 344 g/mol. The number of thiophene rings is 1. The molecule has 0 fully saturated rings. The summed E-state index contributed by atoms with van der Waals surface area (Å²) in [5.74, 6) is 0.204. The molecule has 1 atom stereocenters. The lowest BCUT2D eigenvalue weighted by Crippen LogP contribution is -2.33. The number of carbonyl (C=O) groups excluding carboxylic acids is 1. The molecule has 5 nitrogen and oxygen atoms in total. The molecule has 1 unspecified atom stereocenters. The van der Waals surface area contributed by atoms with E-state index in [2.05, 4.69) is 30.5 Å². The summed E-state index contributed by atoms with van der Waals surface area (Å²) in [7, 11) is -3.23. The van der Waals surface area contributed by atoms with E-state index in [1.807, 2.05) is 11.4 Å². The minimum atomic E-state index is -3.23. The summed E-state index contributed by atoms with van der Waals surface area (Å²) >= 11 is 1.67. The van der Waals surface area contributed by atoms with Crippen molar-refractivity contribution in [2.75, 3.05) is 18.1 Å². The van der Waals surface area contributed by atoms with Gasteiger partial charge < -0.3 is 10.6 Å². The van der Waals surface area contributed by atoms with Gasteiger partial charge in [0.2, 0.25) is 5.91 Å². The van der Waals surface area contributed by atoms with E-state index in [1.54, 1.807) is 23.5 Å². The van der Waals surface area contributed by atoms with Crippen LogP contribution >= 0.6 is 11.3 Å². The second-order valence-electron chi connectivity index (χ2n) is 5.96. The summed E-state index contributed by atoms with van der Waals surface area (Å²) < 4.78 is 22.8. The minimum absolute atomic E-state index is 0.128. The number of nitrogens with one attached hydrogen (secondary N) is 2. The van der Waals surface area contributed by atoms with Crippen LogP contribution < -0.4 is 10.6 Å². The van der Waals surface area contributed by atoms with Crippen LogP contribution in [0, 0.1) is 5.92 Å². The molecule has 2 rings (SSSR count). The van der Waals surface area contributed by atoms with Gasteiger partial charge in [-0.25, -0.2) is 8.42 Å². The van der Waals surface area contributed by atoms with Gasteiger partial charge in [0.15, 0.2) is 9.84 Å². The first kappa shape index (κ1) is 18.6. The van der Waals surface area contributed by atoms with E-state index in [1.165, 1.54) is 17.0 Å². The Morgan fingerprint density at radius 2 is 1.83 bits per heavy atom. The number of hydrogen-bond acceptors (Lipinski definition) is 5. The monoisotopic (exact) mass is 366 g/mol. The first-order valence-electron chi connectivity index (χ1n) is 7.64. The predicted octanol–water partition coefficient (Wildman–Crippen LogP) is 3.08. The Labute approximate surface area is 147 Å². The fraction of sp³-hybridized carbons (Fsp3) is 0.353. The summed E-state index contributed by atoms with van der Waals surface area (Å²) in [5.41, 5.74) is 0.575. The molecule has 1 aromatic heterocycles. The van der Waals surface area contributed by atoms with E-state index in [0.29, 0.717) is 11.6 Å². The minimum Gasteiger partial charge on any atom is -0.325 e. The molecular formula is C17H22N2O3S2. The fourth-order valence-electron chi connectivity index (χ4n) is 2.33. The number of anilines is 1. The van der Waals surface area contributed by atoms with Gasteiger partial charge in [0.05, 0.1) is 11.4 Å². The standard InChI is InChI=1S/C17H22N2O3S2/c1-12(2)17(15-5-4-10-23-15)18-11-16(20)19-13-6-8-14(9-7-13)24(3,21)22/h4-10,12,17-18H,11H2,1-3H3,(H,19,20). The van der Waals surface area contributed by atoms with E-state index in [-0.39, 0.29) is 23.4 Å². The van der Waals surface area contributed by atoms with Crippen LogP contribution in [-0.4, -0.2) is 27.1 Å². The van der Waals surface area contributed by atoms with E-state index in [9.17, 15) is 13.2 Å². The highest BCUT2D eigenvalue weighted by atomic mass is 32.2. The molecule has 1 amide bonds. The van der Waals surface area contributed by atoms with Crippen molar-refractivity contribution in [1.82, 2.24) is 5.32 Å². The zero-order chi connectivity index (χ0) is 17.7. The van der Waals surface area contributed by atoms with Crippen molar-refractivity contribution < 1.29 is 13.2 Å². The van der Waals surface area contributed by atoms with Crippen molar-refractivity contribution in [3.63, 3.8) is 0 Å². The van der Waals surface area contributed by atoms with Gasteiger partial charge in [-0.1, -0.05) is 19.9 Å². The number of rotatable bonds is 7. The van der Waals surface area contributed by atoms with Crippen LogP contribution in [0.5, 0.6) is 0 Å². The van der Waals surface area contributed by atoms with Crippen molar-refractivity contribution in [3.8, 4) is 0 Å². The van der Waals surface area contributed by atoms with Crippen molar-refractivity contribution in [1.29, 1.82) is 0 Å². The number of hydrogen-bond donors (Lipinski definition) is 2. The average molecular weight is 367 g/mol.